The Morgan fingerprint density at radius 1 is 1.44 bits per heavy atom. The van der Waals surface area contributed by atoms with Gasteiger partial charge in [-0.15, -0.1) is 0 Å². The Balaban J connectivity index is 2.22. The summed E-state index contributed by atoms with van der Waals surface area (Å²) >= 11 is 0. The lowest BCUT2D eigenvalue weighted by molar-refractivity contribution is -0.154. The van der Waals surface area contributed by atoms with E-state index in [1.165, 1.54) is 0 Å². The molecule has 0 heterocycles. The van der Waals surface area contributed by atoms with Gasteiger partial charge in [-0.2, -0.15) is 0 Å². The maximum absolute atomic E-state index is 11.3. The molecule has 0 aliphatic heterocycles. The number of nitrogens with one attached hydrogen (secondary N) is 1. The minimum absolute atomic E-state index is 0.0626. The van der Waals surface area contributed by atoms with Crippen LogP contribution < -0.4 is 11.1 Å². The van der Waals surface area contributed by atoms with Crippen molar-refractivity contribution in [3.63, 3.8) is 0 Å². The first kappa shape index (κ1) is 12.9. The Morgan fingerprint density at radius 2 is 2.12 bits per heavy atom. The lowest BCUT2D eigenvalue weighted by Gasteiger charge is -2.37. The van der Waals surface area contributed by atoms with Gasteiger partial charge in [-0.05, 0) is 12.8 Å². The fraction of sp³-hybridized carbons (Fsp3) is 0.800. The van der Waals surface area contributed by atoms with Gasteiger partial charge in [0.2, 0.25) is 5.91 Å². The van der Waals surface area contributed by atoms with Crippen molar-refractivity contribution in [3.8, 4) is 0 Å². The van der Waals surface area contributed by atoms with Gasteiger partial charge in [-0.25, -0.2) is 0 Å². The molecule has 4 N–H and O–H groups in total. The van der Waals surface area contributed by atoms with Crippen molar-refractivity contribution >= 4 is 11.9 Å². The fourth-order valence-corrected chi connectivity index (χ4v) is 1.64. The summed E-state index contributed by atoms with van der Waals surface area (Å²) in [7, 11) is 0. The summed E-state index contributed by atoms with van der Waals surface area (Å²) in [6.07, 6.45) is 2.17. The van der Waals surface area contributed by atoms with Crippen LogP contribution in [-0.4, -0.2) is 43.3 Å². The molecule has 0 aromatic carbocycles. The third-order valence-corrected chi connectivity index (χ3v) is 2.88. The van der Waals surface area contributed by atoms with Gasteiger partial charge in [0.1, 0.15) is 6.61 Å². The Kier molecular flexibility index (Phi) is 4.70. The largest absolute Gasteiger partial charge is 0.481 e. The number of carboxylic acid groups (broad SMARTS) is 1. The van der Waals surface area contributed by atoms with Crippen LogP contribution in [0.15, 0.2) is 0 Å². The van der Waals surface area contributed by atoms with E-state index in [0.29, 0.717) is 26.0 Å². The fourth-order valence-electron chi connectivity index (χ4n) is 1.64. The maximum Gasteiger partial charge on any atom is 0.311 e. The summed E-state index contributed by atoms with van der Waals surface area (Å²) in [6.45, 7) is 0.823. The van der Waals surface area contributed by atoms with E-state index >= 15 is 0 Å². The maximum atomic E-state index is 11.3. The standard InChI is InChI=1S/C10H18N2O4/c11-4-5-16-6-8(13)12-7-10(9(14)15)2-1-3-10/h1-7,11H2,(H,12,13)(H,14,15). The number of carboxylic acids is 1. The number of rotatable bonds is 7. The molecule has 0 spiro atoms. The highest BCUT2D eigenvalue weighted by Crippen LogP contribution is 2.40. The number of hydrogen-bond acceptors (Lipinski definition) is 4. The van der Waals surface area contributed by atoms with Crippen molar-refractivity contribution in [2.75, 3.05) is 26.3 Å². The average molecular weight is 230 g/mol. The van der Waals surface area contributed by atoms with Crippen molar-refractivity contribution < 1.29 is 19.4 Å². The first-order chi connectivity index (χ1) is 7.60. The van der Waals surface area contributed by atoms with Gasteiger partial charge in [-0.3, -0.25) is 9.59 Å². The minimum atomic E-state index is -0.832. The van der Waals surface area contributed by atoms with Crippen LogP contribution in [0.1, 0.15) is 19.3 Å². The molecule has 1 amide bonds. The van der Waals surface area contributed by atoms with Crippen molar-refractivity contribution in [3.05, 3.63) is 0 Å². The van der Waals surface area contributed by atoms with Gasteiger partial charge in [-0.1, -0.05) is 6.42 Å². The van der Waals surface area contributed by atoms with Gasteiger partial charge in [0.15, 0.2) is 0 Å². The average Bonchev–Trinajstić information content (AvgIpc) is 2.16. The number of amides is 1. The molecule has 0 radical (unpaired) electrons. The number of ether oxygens (including phenoxy) is 1. The van der Waals surface area contributed by atoms with Crippen LogP contribution in [0, 0.1) is 5.41 Å². The Hall–Kier alpha value is -1.14. The minimum Gasteiger partial charge on any atom is -0.481 e. The molecular formula is C10H18N2O4. The molecule has 0 unspecified atom stereocenters. The first-order valence-electron chi connectivity index (χ1n) is 5.39. The smallest absolute Gasteiger partial charge is 0.311 e. The third-order valence-electron chi connectivity index (χ3n) is 2.88. The van der Waals surface area contributed by atoms with E-state index in [-0.39, 0.29) is 19.1 Å². The van der Waals surface area contributed by atoms with E-state index in [1.807, 2.05) is 0 Å². The van der Waals surface area contributed by atoms with Gasteiger partial charge < -0.3 is 20.9 Å². The predicted molar refractivity (Wildman–Crippen MR) is 56.8 cm³/mol. The van der Waals surface area contributed by atoms with E-state index in [9.17, 15) is 9.59 Å². The molecule has 1 saturated carbocycles. The van der Waals surface area contributed by atoms with Crippen LogP contribution >= 0.6 is 0 Å². The highest BCUT2D eigenvalue weighted by molar-refractivity contribution is 5.80. The molecular weight excluding hydrogens is 212 g/mol. The summed E-state index contributed by atoms with van der Waals surface area (Å²) in [5, 5.41) is 11.6. The first-order valence-corrected chi connectivity index (χ1v) is 5.39. The number of nitrogens with two attached hydrogens (primary N) is 1. The second-order valence-corrected chi connectivity index (χ2v) is 4.06. The second-order valence-electron chi connectivity index (χ2n) is 4.06. The van der Waals surface area contributed by atoms with Crippen molar-refractivity contribution in [1.82, 2.24) is 5.32 Å². The van der Waals surface area contributed by atoms with E-state index in [0.717, 1.165) is 6.42 Å². The molecule has 92 valence electrons. The van der Waals surface area contributed by atoms with Gasteiger partial charge in [0.25, 0.3) is 0 Å². The summed E-state index contributed by atoms with van der Waals surface area (Å²) in [5.74, 6) is -1.12. The molecule has 1 fully saturated rings. The SMILES string of the molecule is NCCOCC(=O)NCC1(C(=O)O)CCC1. The Bertz CT molecular complexity index is 264. The van der Waals surface area contributed by atoms with Crippen LogP contribution in [0.4, 0.5) is 0 Å². The topological polar surface area (TPSA) is 102 Å². The van der Waals surface area contributed by atoms with Crippen molar-refractivity contribution in [2.45, 2.75) is 19.3 Å². The van der Waals surface area contributed by atoms with Gasteiger partial charge in [0.05, 0.1) is 12.0 Å². The Labute approximate surface area is 94.1 Å². The highest BCUT2D eigenvalue weighted by Gasteiger charge is 2.44. The predicted octanol–water partition coefficient (Wildman–Crippen LogP) is -0.667. The lowest BCUT2D eigenvalue weighted by atomic mass is 9.69. The molecule has 0 aromatic rings. The summed E-state index contributed by atoms with van der Waals surface area (Å²) in [6, 6.07) is 0. The zero-order chi connectivity index (χ0) is 12.0. The third kappa shape index (κ3) is 3.18. The van der Waals surface area contributed by atoms with Crippen LogP contribution in [0.3, 0.4) is 0 Å². The van der Waals surface area contributed by atoms with Crippen LogP contribution in [0.2, 0.25) is 0 Å². The zero-order valence-corrected chi connectivity index (χ0v) is 9.20. The van der Waals surface area contributed by atoms with Gasteiger partial charge >= 0.3 is 5.97 Å². The van der Waals surface area contributed by atoms with Crippen LogP contribution in [-0.2, 0) is 14.3 Å². The van der Waals surface area contributed by atoms with E-state index in [1.54, 1.807) is 0 Å². The van der Waals surface area contributed by atoms with E-state index in [4.69, 9.17) is 15.6 Å². The monoisotopic (exact) mass is 230 g/mol. The molecule has 1 aliphatic rings. The molecule has 0 atom stereocenters. The molecule has 0 aromatic heterocycles. The highest BCUT2D eigenvalue weighted by atomic mass is 16.5. The number of carbonyl (C=O) groups is 2. The number of carbonyl (C=O) groups excluding carboxylic acids is 1. The van der Waals surface area contributed by atoms with Crippen molar-refractivity contribution in [1.29, 1.82) is 0 Å². The Morgan fingerprint density at radius 3 is 2.56 bits per heavy atom. The molecule has 1 aliphatic carbocycles. The molecule has 0 bridgehead atoms. The van der Waals surface area contributed by atoms with Crippen LogP contribution in [0.25, 0.3) is 0 Å². The zero-order valence-electron chi connectivity index (χ0n) is 9.20. The normalized spacial score (nSPS) is 17.6. The molecule has 1 rings (SSSR count). The molecule has 6 heteroatoms. The van der Waals surface area contributed by atoms with Crippen molar-refractivity contribution in [2.24, 2.45) is 11.1 Å². The van der Waals surface area contributed by atoms with Gasteiger partial charge in [0, 0.05) is 13.1 Å². The van der Waals surface area contributed by atoms with Crippen LogP contribution in [0.5, 0.6) is 0 Å². The summed E-state index contributed by atoms with van der Waals surface area (Å²) < 4.78 is 4.94. The molecule has 0 saturated heterocycles. The van der Waals surface area contributed by atoms with E-state index in [2.05, 4.69) is 5.32 Å². The summed E-state index contributed by atoms with van der Waals surface area (Å²) in [4.78, 5) is 22.2. The molecule has 6 nitrogen and oxygen atoms in total. The molecule has 16 heavy (non-hydrogen) atoms. The van der Waals surface area contributed by atoms with E-state index < -0.39 is 11.4 Å². The second kappa shape index (κ2) is 5.81. The number of hydrogen-bond donors (Lipinski definition) is 3. The summed E-state index contributed by atoms with van der Waals surface area (Å²) in [5.41, 5.74) is 4.45. The lowest BCUT2D eigenvalue weighted by Crippen LogP contribution is -2.48. The number of aliphatic carboxylic acids is 1. The quantitative estimate of drug-likeness (QED) is 0.504.